The van der Waals surface area contributed by atoms with Gasteiger partial charge in [0.1, 0.15) is 0 Å². The fraction of sp³-hybridized carbons (Fsp3) is 0.280. The molecule has 0 spiro atoms. The number of hydrogen-bond donors (Lipinski definition) is 1. The van der Waals surface area contributed by atoms with Crippen molar-refractivity contribution >= 4 is 0 Å². The van der Waals surface area contributed by atoms with Gasteiger partial charge in [0.2, 0.25) is 0 Å². The number of benzene rings is 3. The molecule has 0 amide bonds. The average Bonchev–Trinajstić information content (AvgIpc) is 2.72. The van der Waals surface area contributed by atoms with Crippen LogP contribution >= 0.6 is 0 Å². The van der Waals surface area contributed by atoms with Gasteiger partial charge < -0.3 is 5.32 Å². The van der Waals surface area contributed by atoms with Gasteiger partial charge in [-0.15, -0.1) is 0 Å². The maximum Gasteiger partial charge on any atom is 0.00893 e. The molecule has 26 heavy (non-hydrogen) atoms. The van der Waals surface area contributed by atoms with Crippen LogP contribution in [0.5, 0.6) is 0 Å². The van der Waals surface area contributed by atoms with Gasteiger partial charge in [-0.05, 0) is 49.0 Å². The van der Waals surface area contributed by atoms with E-state index in [4.69, 9.17) is 0 Å². The quantitative estimate of drug-likeness (QED) is 0.457. The van der Waals surface area contributed by atoms with Crippen molar-refractivity contribution < 1.29 is 0 Å². The summed E-state index contributed by atoms with van der Waals surface area (Å²) in [7, 11) is 0. The molecule has 1 nitrogen and oxygen atoms in total. The van der Waals surface area contributed by atoms with Crippen LogP contribution in [0.25, 0.3) is 0 Å². The fourth-order valence-corrected chi connectivity index (χ4v) is 3.50. The Labute approximate surface area is 158 Å². The number of unbranched alkanes of at least 4 members (excludes halogenated alkanes) is 1. The minimum atomic E-state index is 0.502. The molecule has 0 fully saturated rings. The van der Waals surface area contributed by atoms with Crippen molar-refractivity contribution in [1.82, 2.24) is 5.32 Å². The summed E-state index contributed by atoms with van der Waals surface area (Å²) in [4.78, 5) is 0. The fourth-order valence-electron chi connectivity index (χ4n) is 3.50. The summed E-state index contributed by atoms with van der Waals surface area (Å²) in [5.41, 5.74) is 4.26. The lowest BCUT2D eigenvalue weighted by Crippen LogP contribution is -2.18. The van der Waals surface area contributed by atoms with Gasteiger partial charge in [-0.25, -0.2) is 0 Å². The maximum atomic E-state index is 3.59. The van der Waals surface area contributed by atoms with Gasteiger partial charge in [-0.3, -0.25) is 0 Å². The van der Waals surface area contributed by atoms with E-state index in [0.29, 0.717) is 5.92 Å². The molecule has 0 aliphatic heterocycles. The summed E-state index contributed by atoms with van der Waals surface area (Å²) in [5.74, 6) is 0.502. The van der Waals surface area contributed by atoms with E-state index in [0.717, 1.165) is 19.5 Å². The summed E-state index contributed by atoms with van der Waals surface area (Å²) < 4.78 is 0. The van der Waals surface area contributed by atoms with Crippen molar-refractivity contribution in [3.8, 4) is 0 Å². The van der Waals surface area contributed by atoms with Gasteiger partial charge in [-0.1, -0.05) is 97.4 Å². The largest absolute Gasteiger partial charge is 0.316 e. The van der Waals surface area contributed by atoms with Crippen LogP contribution in [0.4, 0.5) is 0 Å². The van der Waals surface area contributed by atoms with Crippen LogP contribution in [0.2, 0.25) is 0 Å². The lowest BCUT2D eigenvalue weighted by atomic mass is 9.87. The SMILES string of the molecule is c1ccc(CCNCCCCC(c2ccccc2)c2ccccc2)cc1. The van der Waals surface area contributed by atoms with Gasteiger partial charge in [0.05, 0.1) is 0 Å². The van der Waals surface area contributed by atoms with Crippen molar-refractivity contribution in [1.29, 1.82) is 0 Å². The molecule has 1 heteroatoms. The van der Waals surface area contributed by atoms with E-state index in [2.05, 4.69) is 96.3 Å². The normalized spacial score (nSPS) is 11.0. The van der Waals surface area contributed by atoms with E-state index in [1.165, 1.54) is 36.0 Å². The monoisotopic (exact) mass is 343 g/mol. The molecule has 0 aromatic heterocycles. The van der Waals surface area contributed by atoms with Crippen molar-refractivity contribution in [3.05, 3.63) is 108 Å². The third-order valence-corrected chi connectivity index (χ3v) is 4.93. The molecule has 3 rings (SSSR count). The number of hydrogen-bond acceptors (Lipinski definition) is 1. The molecule has 0 unspecified atom stereocenters. The van der Waals surface area contributed by atoms with Gasteiger partial charge in [0, 0.05) is 5.92 Å². The predicted octanol–water partition coefficient (Wildman–Crippen LogP) is 5.82. The summed E-state index contributed by atoms with van der Waals surface area (Å²) in [5, 5.41) is 3.59. The molecule has 0 saturated carbocycles. The Morgan fingerprint density at radius 3 is 1.69 bits per heavy atom. The lowest BCUT2D eigenvalue weighted by molar-refractivity contribution is 0.580. The smallest absolute Gasteiger partial charge is 0.00893 e. The second-order valence-corrected chi connectivity index (χ2v) is 6.86. The highest BCUT2D eigenvalue weighted by Crippen LogP contribution is 2.29. The molecular formula is C25H29N. The Hall–Kier alpha value is -2.38. The molecule has 0 radical (unpaired) electrons. The minimum absolute atomic E-state index is 0.502. The third kappa shape index (κ3) is 5.86. The van der Waals surface area contributed by atoms with Crippen LogP contribution < -0.4 is 5.32 Å². The van der Waals surface area contributed by atoms with Gasteiger partial charge >= 0.3 is 0 Å². The molecule has 134 valence electrons. The second-order valence-electron chi connectivity index (χ2n) is 6.86. The molecule has 0 aliphatic carbocycles. The van der Waals surface area contributed by atoms with Crippen LogP contribution in [-0.2, 0) is 6.42 Å². The molecule has 0 saturated heterocycles. The molecule has 3 aromatic carbocycles. The highest BCUT2D eigenvalue weighted by molar-refractivity contribution is 5.32. The molecule has 0 bridgehead atoms. The summed E-state index contributed by atoms with van der Waals surface area (Å²) >= 11 is 0. The van der Waals surface area contributed by atoms with Crippen LogP contribution in [0.1, 0.15) is 41.9 Å². The Morgan fingerprint density at radius 2 is 1.12 bits per heavy atom. The zero-order chi connectivity index (χ0) is 17.9. The van der Waals surface area contributed by atoms with Crippen LogP contribution in [-0.4, -0.2) is 13.1 Å². The number of rotatable bonds is 10. The van der Waals surface area contributed by atoms with E-state index in [1.807, 2.05) is 0 Å². The predicted molar refractivity (Wildman–Crippen MR) is 112 cm³/mol. The summed E-state index contributed by atoms with van der Waals surface area (Å²) in [6, 6.07) is 32.5. The number of nitrogens with one attached hydrogen (secondary N) is 1. The first-order chi connectivity index (χ1) is 12.9. The van der Waals surface area contributed by atoms with E-state index < -0.39 is 0 Å². The molecular weight excluding hydrogens is 314 g/mol. The van der Waals surface area contributed by atoms with E-state index in [9.17, 15) is 0 Å². The molecule has 1 N–H and O–H groups in total. The first-order valence-corrected chi connectivity index (χ1v) is 9.78. The third-order valence-electron chi connectivity index (χ3n) is 4.93. The zero-order valence-corrected chi connectivity index (χ0v) is 15.5. The van der Waals surface area contributed by atoms with Gasteiger partial charge in [0.15, 0.2) is 0 Å². The van der Waals surface area contributed by atoms with Gasteiger partial charge in [-0.2, -0.15) is 0 Å². The maximum absolute atomic E-state index is 3.59. The van der Waals surface area contributed by atoms with Crippen molar-refractivity contribution in [2.45, 2.75) is 31.6 Å². The molecule has 3 aromatic rings. The highest BCUT2D eigenvalue weighted by Gasteiger charge is 2.13. The summed E-state index contributed by atoms with van der Waals surface area (Å²) in [6.07, 6.45) is 4.78. The van der Waals surface area contributed by atoms with E-state index in [-0.39, 0.29) is 0 Å². The molecule has 0 aliphatic rings. The summed E-state index contributed by atoms with van der Waals surface area (Å²) in [6.45, 7) is 2.16. The van der Waals surface area contributed by atoms with E-state index >= 15 is 0 Å². The van der Waals surface area contributed by atoms with Gasteiger partial charge in [0.25, 0.3) is 0 Å². The van der Waals surface area contributed by atoms with Crippen LogP contribution in [0.15, 0.2) is 91.0 Å². The topological polar surface area (TPSA) is 12.0 Å². The Bertz CT molecular complexity index is 682. The van der Waals surface area contributed by atoms with Crippen molar-refractivity contribution in [3.63, 3.8) is 0 Å². The van der Waals surface area contributed by atoms with E-state index in [1.54, 1.807) is 0 Å². The Balaban J connectivity index is 1.42. The highest BCUT2D eigenvalue weighted by atomic mass is 14.8. The lowest BCUT2D eigenvalue weighted by Gasteiger charge is -2.18. The Kier molecular flexibility index (Phi) is 7.49. The van der Waals surface area contributed by atoms with Crippen molar-refractivity contribution in [2.24, 2.45) is 0 Å². The average molecular weight is 344 g/mol. The molecule has 0 atom stereocenters. The van der Waals surface area contributed by atoms with Crippen molar-refractivity contribution in [2.75, 3.05) is 13.1 Å². The molecule has 0 heterocycles. The minimum Gasteiger partial charge on any atom is -0.316 e. The second kappa shape index (κ2) is 10.6. The van der Waals surface area contributed by atoms with Crippen LogP contribution in [0.3, 0.4) is 0 Å². The van der Waals surface area contributed by atoms with Crippen LogP contribution in [0, 0.1) is 0 Å². The zero-order valence-electron chi connectivity index (χ0n) is 15.5. The Morgan fingerprint density at radius 1 is 0.577 bits per heavy atom. The first kappa shape index (κ1) is 18.4. The first-order valence-electron chi connectivity index (χ1n) is 9.78. The standard InChI is InChI=1S/C25H29N/c1-4-12-22(13-5-1)19-21-26-20-11-10-18-25(23-14-6-2-7-15-23)24-16-8-3-9-17-24/h1-9,12-17,25-26H,10-11,18-21H2.